The SMILES string of the molecule is Clc1cccc(Cl)c1C=NCCc1c[nH]c2ccccc12. The molecule has 0 unspecified atom stereocenters. The van der Waals surface area contributed by atoms with Gasteiger partial charge in [0, 0.05) is 35.4 Å². The molecule has 1 N–H and O–H groups in total. The largest absolute Gasteiger partial charge is 0.361 e. The van der Waals surface area contributed by atoms with Crippen molar-refractivity contribution in [2.24, 2.45) is 4.99 Å². The summed E-state index contributed by atoms with van der Waals surface area (Å²) in [5.74, 6) is 0. The van der Waals surface area contributed by atoms with E-state index < -0.39 is 0 Å². The van der Waals surface area contributed by atoms with Gasteiger partial charge in [-0.05, 0) is 30.2 Å². The Hall–Kier alpha value is -1.77. The van der Waals surface area contributed by atoms with Crippen molar-refractivity contribution in [1.29, 1.82) is 0 Å². The summed E-state index contributed by atoms with van der Waals surface area (Å²) in [4.78, 5) is 7.71. The maximum absolute atomic E-state index is 6.11. The van der Waals surface area contributed by atoms with Crippen molar-refractivity contribution in [3.63, 3.8) is 0 Å². The van der Waals surface area contributed by atoms with Crippen molar-refractivity contribution in [3.05, 3.63) is 69.8 Å². The molecule has 0 amide bonds. The minimum atomic E-state index is 0.623. The van der Waals surface area contributed by atoms with E-state index in [0.717, 1.165) is 17.5 Å². The van der Waals surface area contributed by atoms with Crippen molar-refractivity contribution in [2.75, 3.05) is 6.54 Å². The molecule has 0 radical (unpaired) electrons. The van der Waals surface area contributed by atoms with Crippen LogP contribution in [0.15, 0.2) is 53.7 Å². The number of hydrogen-bond donors (Lipinski definition) is 1. The second kappa shape index (κ2) is 6.33. The summed E-state index contributed by atoms with van der Waals surface area (Å²) in [6.07, 6.45) is 4.67. The maximum atomic E-state index is 6.11. The number of aromatic nitrogens is 1. The van der Waals surface area contributed by atoms with Crippen molar-refractivity contribution in [3.8, 4) is 0 Å². The van der Waals surface area contributed by atoms with Gasteiger partial charge in [-0.15, -0.1) is 0 Å². The molecule has 0 saturated carbocycles. The highest BCUT2D eigenvalue weighted by Gasteiger charge is 2.03. The van der Waals surface area contributed by atoms with E-state index in [-0.39, 0.29) is 0 Å². The molecule has 3 rings (SSSR count). The zero-order valence-corrected chi connectivity index (χ0v) is 12.8. The van der Waals surface area contributed by atoms with Crippen LogP contribution in [0.5, 0.6) is 0 Å². The molecular formula is C17H14Cl2N2. The number of para-hydroxylation sites is 1. The number of nitrogens with zero attached hydrogens (tertiary/aromatic N) is 1. The Bertz CT molecular complexity index is 770. The number of aromatic amines is 1. The van der Waals surface area contributed by atoms with Gasteiger partial charge in [0.15, 0.2) is 0 Å². The molecule has 1 aromatic heterocycles. The fourth-order valence-corrected chi connectivity index (χ4v) is 2.81. The van der Waals surface area contributed by atoms with Crippen LogP contribution in [0.2, 0.25) is 10.0 Å². The lowest BCUT2D eigenvalue weighted by atomic mass is 10.1. The molecule has 4 heteroatoms. The lowest BCUT2D eigenvalue weighted by molar-refractivity contribution is 0.981. The van der Waals surface area contributed by atoms with Gasteiger partial charge < -0.3 is 4.98 Å². The number of halogens is 2. The number of nitrogens with one attached hydrogen (secondary N) is 1. The number of H-pyrrole nitrogens is 1. The van der Waals surface area contributed by atoms with Gasteiger partial charge in [-0.3, -0.25) is 4.99 Å². The molecule has 106 valence electrons. The fourth-order valence-electron chi connectivity index (χ4n) is 2.31. The van der Waals surface area contributed by atoms with Gasteiger partial charge in [0.05, 0.1) is 10.0 Å². The summed E-state index contributed by atoms with van der Waals surface area (Å²) < 4.78 is 0. The highest BCUT2D eigenvalue weighted by Crippen LogP contribution is 2.22. The lowest BCUT2D eigenvalue weighted by Gasteiger charge is -2.00. The Morgan fingerprint density at radius 3 is 2.57 bits per heavy atom. The molecule has 0 saturated heterocycles. The maximum Gasteiger partial charge on any atom is 0.0508 e. The first-order valence-corrected chi connectivity index (χ1v) is 7.50. The minimum Gasteiger partial charge on any atom is -0.361 e. The smallest absolute Gasteiger partial charge is 0.0508 e. The third-order valence-corrected chi connectivity index (χ3v) is 4.06. The van der Waals surface area contributed by atoms with E-state index in [1.165, 1.54) is 10.9 Å². The van der Waals surface area contributed by atoms with Crippen molar-refractivity contribution >= 4 is 40.3 Å². The van der Waals surface area contributed by atoms with Crippen LogP contribution in [0.25, 0.3) is 10.9 Å². The summed E-state index contributed by atoms with van der Waals surface area (Å²) in [6.45, 7) is 0.698. The third-order valence-electron chi connectivity index (χ3n) is 3.41. The second-order valence-electron chi connectivity index (χ2n) is 4.78. The molecular weight excluding hydrogens is 303 g/mol. The predicted molar refractivity (Wildman–Crippen MR) is 90.9 cm³/mol. The normalized spacial score (nSPS) is 11.5. The number of hydrogen-bond acceptors (Lipinski definition) is 1. The molecule has 0 aliphatic rings. The lowest BCUT2D eigenvalue weighted by Crippen LogP contribution is -1.91. The van der Waals surface area contributed by atoms with Gasteiger partial charge in [0.2, 0.25) is 0 Å². The highest BCUT2D eigenvalue weighted by atomic mass is 35.5. The van der Waals surface area contributed by atoms with Gasteiger partial charge in [0.1, 0.15) is 0 Å². The van der Waals surface area contributed by atoms with Crippen molar-refractivity contribution in [2.45, 2.75) is 6.42 Å². The van der Waals surface area contributed by atoms with Crippen LogP contribution < -0.4 is 0 Å². The predicted octanol–water partition coefficient (Wildman–Crippen LogP) is 5.14. The van der Waals surface area contributed by atoms with Crippen LogP contribution in [-0.4, -0.2) is 17.7 Å². The number of aliphatic imine (C=N–C) groups is 1. The molecule has 2 aromatic carbocycles. The van der Waals surface area contributed by atoms with Crippen LogP contribution in [0.1, 0.15) is 11.1 Å². The molecule has 2 nitrogen and oxygen atoms in total. The molecule has 0 spiro atoms. The standard InChI is InChI=1S/C17H14Cl2N2/c18-15-5-3-6-16(19)14(15)11-20-9-8-12-10-21-17-7-2-1-4-13(12)17/h1-7,10-11,21H,8-9H2. The molecule has 0 aliphatic carbocycles. The third kappa shape index (κ3) is 3.12. The molecule has 0 aliphatic heterocycles. The Kier molecular flexibility index (Phi) is 4.28. The summed E-state index contributed by atoms with van der Waals surface area (Å²) in [7, 11) is 0. The van der Waals surface area contributed by atoms with E-state index in [1.807, 2.05) is 36.5 Å². The second-order valence-corrected chi connectivity index (χ2v) is 5.59. The monoisotopic (exact) mass is 316 g/mol. The number of fused-ring (bicyclic) bond motifs is 1. The fraction of sp³-hybridized carbons (Fsp3) is 0.118. The van der Waals surface area contributed by atoms with Crippen molar-refractivity contribution < 1.29 is 0 Å². The van der Waals surface area contributed by atoms with E-state index in [1.54, 1.807) is 6.21 Å². The topological polar surface area (TPSA) is 28.1 Å². The summed E-state index contributed by atoms with van der Waals surface area (Å²) in [5.41, 5.74) is 3.21. The van der Waals surface area contributed by atoms with Gasteiger partial charge in [-0.1, -0.05) is 47.5 Å². The summed E-state index contributed by atoms with van der Waals surface area (Å²) in [6, 6.07) is 13.7. The molecule has 1 heterocycles. The molecule has 0 fully saturated rings. The van der Waals surface area contributed by atoms with Gasteiger partial charge in [-0.2, -0.15) is 0 Å². The quantitative estimate of drug-likeness (QED) is 0.646. The van der Waals surface area contributed by atoms with Crippen LogP contribution in [0, 0.1) is 0 Å². The summed E-state index contributed by atoms with van der Waals surface area (Å²) in [5, 5.41) is 2.50. The minimum absolute atomic E-state index is 0.623. The summed E-state index contributed by atoms with van der Waals surface area (Å²) >= 11 is 12.2. The number of benzene rings is 2. The Morgan fingerprint density at radius 1 is 1.00 bits per heavy atom. The zero-order chi connectivity index (χ0) is 14.7. The van der Waals surface area contributed by atoms with Crippen molar-refractivity contribution in [1.82, 2.24) is 4.98 Å². The van der Waals surface area contributed by atoms with Crippen LogP contribution >= 0.6 is 23.2 Å². The van der Waals surface area contributed by atoms with Gasteiger partial charge in [-0.25, -0.2) is 0 Å². The van der Waals surface area contributed by atoms with E-state index in [0.29, 0.717) is 16.6 Å². The Labute approximate surface area is 133 Å². The highest BCUT2D eigenvalue weighted by molar-refractivity contribution is 6.38. The first-order chi connectivity index (χ1) is 10.3. The molecule has 0 atom stereocenters. The zero-order valence-electron chi connectivity index (χ0n) is 11.3. The van der Waals surface area contributed by atoms with E-state index in [2.05, 4.69) is 22.1 Å². The van der Waals surface area contributed by atoms with Crippen LogP contribution in [-0.2, 0) is 6.42 Å². The van der Waals surface area contributed by atoms with Crippen LogP contribution in [0.3, 0.4) is 0 Å². The molecule has 3 aromatic rings. The average Bonchev–Trinajstić information content (AvgIpc) is 2.89. The van der Waals surface area contributed by atoms with Gasteiger partial charge >= 0.3 is 0 Å². The van der Waals surface area contributed by atoms with E-state index in [9.17, 15) is 0 Å². The Morgan fingerprint density at radius 2 is 1.76 bits per heavy atom. The first-order valence-electron chi connectivity index (χ1n) is 6.74. The first kappa shape index (κ1) is 14.2. The molecule has 0 bridgehead atoms. The number of rotatable bonds is 4. The molecule has 21 heavy (non-hydrogen) atoms. The Balaban J connectivity index is 1.70. The van der Waals surface area contributed by atoms with E-state index >= 15 is 0 Å². The average molecular weight is 317 g/mol. The van der Waals surface area contributed by atoms with Crippen LogP contribution in [0.4, 0.5) is 0 Å². The van der Waals surface area contributed by atoms with Gasteiger partial charge in [0.25, 0.3) is 0 Å². The van der Waals surface area contributed by atoms with E-state index in [4.69, 9.17) is 23.2 Å².